The van der Waals surface area contributed by atoms with E-state index in [1.54, 1.807) is 6.20 Å². The fraction of sp³-hybridized carbons (Fsp3) is 0.143. The molecule has 5 nitrogen and oxygen atoms in total. The zero-order chi connectivity index (χ0) is 17.6. The fourth-order valence-corrected chi connectivity index (χ4v) is 2.66. The van der Waals surface area contributed by atoms with E-state index in [1.807, 2.05) is 77.8 Å². The number of hydrogen-bond donors (Lipinski definition) is 0. The third kappa shape index (κ3) is 4.00. The van der Waals surface area contributed by atoms with E-state index < -0.39 is 0 Å². The Morgan fingerprint density at radius 3 is 2.73 bits per heavy atom. The molecule has 0 fully saturated rings. The van der Waals surface area contributed by atoms with E-state index in [1.165, 1.54) is 0 Å². The van der Waals surface area contributed by atoms with Crippen molar-refractivity contribution in [2.24, 2.45) is 0 Å². The van der Waals surface area contributed by atoms with Gasteiger partial charge in [0.05, 0.1) is 12.9 Å². The van der Waals surface area contributed by atoms with Crippen molar-refractivity contribution in [3.63, 3.8) is 0 Å². The molecule has 0 saturated heterocycles. The summed E-state index contributed by atoms with van der Waals surface area (Å²) < 4.78 is 13.5. The molecule has 0 radical (unpaired) electrons. The lowest BCUT2D eigenvalue weighted by Gasteiger charge is -2.06. The molecule has 2 aromatic carbocycles. The standard InChI is InChI=1S/C21H19N3O2/c1-2-5-20-19(4-1)23-21(26-20)11-8-17-6-9-18(10-7-17)25-15-3-13-24-14-12-22-16-24/h1-2,4-12,14,16H,3,13,15H2/b11-8+. The zero-order valence-corrected chi connectivity index (χ0v) is 14.3. The summed E-state index contributed by atoms with van der Waals surface area (Å²) in [5, 5.41) is 0. The topological polar surface area (TPSA) is 53.1 Å². The summed E-state index contributed by atoms with van der Waals surface area (Å²) in [5.41, 5.74) is 2.73. The molecule has 0 aliphatic rings. The van der Waals surface area contributed by atoms with Crippen molar-refractivity contribution >= 4 is 23.3 Å². The number of imidazole rings is 1. The van der Waals surface area contributed by atoms with Crippen molar-refractivity contribution in [2.45, 2.75) is 13.0 Å². The molecule has 0 aliphatic carbocycles. The van der Waals surface area contributed by atoms with Gasteiger partial charge in [-0.15, -0.1) is 0 Å². The van der Waals surface area contributed by atoms with Gasteiger partial charge in [-0.1, -0.05) is 24.3 Å². The second-order valence-electron chi connectivity index (χ2n) is 5.92. The maximum atomic E-state index is 5.77. The molecule has 2 aromatic heterocycles. The predicted molar refractivity (Wildman–Crippen MR) is 102 cm³/mol. The first-order chi connectivity index (χ1) is 12.9. The third-order valence-electron chi connectivity index (χ3n) is 4.00. The van der Waals surface area contributed by atoms with Gasteiger partial charge in [0, 0.05) is 25.0 Å². The minimum Gasteiger partial charge on any atom is -0.494 e. The Balaban J connectivity index is 1.30. The summed E-state index contributed by atoms with van der Waals surface area (Å²) >= 11 is 0. The van der Waals surface area contributed by atoms with Gasteiger partial charge in [-0.3, -0.25) is 0 Å². The van der Waals surface area contributed by atoms with Gasteiger partial charge >= 0.3 is 0 Å². The van der Waals surface area contributed by atoms with E-state index >= 15 is 0 Å². The zero-order valence-electron chi connectivity index (χ0n) is 14.3. The van der Waals surface area contributed by atoms with Crippen molar-refractivity contribution in [2.75, 3.05) is 6.61 Å². The Hall–Kier alpha value is -3.34. The molecule has 0 saturated carbocycles. The van der Waals surface area contributed by atoms with Crippen LogP contribution in [0.2, 0.25) is 0 Å². The van der Waals surface area contributed by atoms with Gasteiger partial charge in [-0.25, -0.2) is 9.97 Å². The van der Waals surface area contributed by atoms with Crippen LogP contribution < -0.4 is 4.74 Å². The summed E-state index contributed by atoms with van der Waals surface area (Å²) in [6, 6.07) is 15.7. The normalized spacial score (nSPS) is 11.4. The minimum absolute atomic E-state index is 0.603. The number of nitrogens with zero attached hydrogens (tertiary/aromatic N) is 3. The average molecular weight is 345 g/mol. The molecule has 26 heavy (non-hydrogen) atoms. The van der Waals surface area contributed by atoms with E-state index in [4.69, 9.17) is 9.15 Å². The second kappa shape index (κ2) is 7.70. The highest BCUT2D eigenvalue weighted by Crippen LogP contribution is 2.18. The molecule has 0 N–H and O–H groups in total. The SMILES string of the molecule is C(=C\c1nc2ccccc2o1)/c1ccc(OCCCn2ccnc2)cc1. The summed E-state index contributed by atoms with van der Waals surface area (Å²) in [6.45, 7) is 1.58. The molecule has 0 aliphatic heterocycles. The molecule has 4 rings (SSSR count). The molecule has 4 aromatic rings. The number of benzene rings is 2. The number of aryl methyl sites for hydroxylation is 1. The molecule has 0 spiro atoms. The van der Waals surface area contributed by atoms with Gasteiger partial charge < -0.3 is 13.7 Å². The summed E-state index contributed by atoms with van der Waals surface area (Å²) in [4.78, 5) is 8.46. The van der Waals surface area contributed by atoms with Gasteiger partial charge in [0.25, 0.3) is 0 Å². The van der Waals surface area contributed by atoms with Crippen molar-refractivity contribution in [1.29, 1.82) is 0 Å². The van der Waals surface area contributed by atoms with Gasteiger partial charge in [0.15, 0.2) is 5.58 Å². The second-order valence-corrected chi connectivity index (χ2v) is 5.92. The van der Waals surface area contributed by atoms with Crippen LogP contribution in [0.1, 0.15) is 17.9 Å². The molecule has 0 unspecified atom stereocenters. The maximum Gasteiger partial charge on any atom is 0.220 e. The predicted octanol–water partition coefficient (Wildman–Crippen LogP) is 4.66. The highest BCUT2D eigenvalue weighted by Gasteiger charge is 2.01. The van der Waals surface area contributed by atoms with Crippen LogP contribution >= 0.6 is 0 Å². The van der Waals surface area contributed by atoms with Crippen LogP contribution in [-0.4, -0.2) is 21.1 Å². The number of aromatic nitrogens is 3. The van der Waals surface area contributed by atoms with Crippen LogP contribution in [0.25, 0.3) is 23.3 Å². The molecule has 130 valence electrons. The molecule has 0 bridgehead atoms. The maximum absolute atomic E-state index is 5.77. The number of rotatable bonds is 7. The average Bonchev–Trinajstić information content (AvgIpc) is 3.33. The Morgan fingerprint density at radius 2 is 1.92 bits per heavy atom. The van der Waals surface area contributed by atoms with Crippen LogP contribution in [0.4, 0.5) is 0 Å². The lowest BCUT2D eigenvalue weighted by molar-refractivity contribution is 0.302. The van der Waals surface area contributed by atoms with Crippen molar-refractivity contribution < 1.29 is 9.15 Å². The van der Waals surface area contributed by atoms with Crippen LogP contribution in [-0.2, 0) is 6.54 Å². The van der Waals surface area contributed by atoms with E-state index in [0.717, 1.165) is 35.4 Å². The Bertz CT molecular complexity index is 953. The minimum atomic E-state index is 0.603. The highest BCUT2D eigenvalue weighted by atomic mass is 16.5. The van der Waals surface area contributed by atoms with Crippen LogP contribution in [0.15, 0.2) is 71.7 Å². The number of fused-ring (bicyclic) bond motifs is 1. The Morgan fingerprint density at radius 1 is 1.04 bits per heavy atom. The number of hydrogen-bond acceptors (Lipinski definition) is 4. The molecular formula is C21H19N3O2. The molecule has 5 heteroatoms. The van der Waals surface area contributed by atoms with Crippen LogP contribution in [0.5, 0.6) is 5.75 Å². The van der Waals surface area contributed by atoms with Gasteiger partial charge in [-0.2, -0.15) is 0 Å². The third-order valence-corrected chi connectivity index (χ3v) is 4.00. The van der Waals surface area contributed by atoms with Crippen LogP contribution in [0.3, 0.4) is 0 Å². The fourth-order valence-electron chi connectivity index (χ4n) is 2.66. The first kappa shape index (κ1) is 16.1. The first-order valence-corrected chi connectivity index (χ1v) is 8.59. The lowest BCUT2D eigenvalue weighted by atomic mass is 10.2. The van der Waals surface area contributed by atoms with Gasteiger partial charge in [-0.05, 0) is 42.3 Å². The van der Waals surface area contributed by atoms with Crippen molar-refractivity contribution in [3.05, 3.63) is 78.7 Å². The lowest BCUT2D eigenvalue weighted by Crippen LogP contribution is -2.02. The van der Waals surface area contributed by atoms with Gasteiger partial charge in [0.1, 0.15) is 11.3 Å². The number of para-hydroxylation sites is 2. The molecule has 0 amide bonds. The first-order valence-electron chi connectivity index (χ1n) is 8.59. The summed E-state index contributed by atoms with van der Waals surface area (Å²) in [5.74, 6) is 1.47. The monoisotopic (exact) mass is 345 g/mol. The van der Waals surface area contributed by atoms with E-state index in [2.05, 4.69) is 9.97 Å². The Labute approximate surface area is 151 Å². The van der Waals surface area contributed by atoms with Crippen molar-refractivity contribution in [3.8, 4) is 5.75 Å². The Kier molecular flexibility index (Phi) is 4.78. The smallest absolute Gasteiger partial charge is 0.220 e. The molecular weight excluding hydrogens is 326 g/mol. The molecule has 0 atom stereocenters. The van der Waals surface area contributed by atoms with E-state index in [-0.39, 0.29) is 0 Å². The number of oxazole rings is 1. The quantitative estimate of drug-likeness (QED) is 0.457. The number of ether oxygens (including phenoxy) is 1. The van der Waals surface area contributed by atoms with Crippen molar-refractivity contribution in [1.82, 2.24) is 14.5 Å². The van der Waals surface area contributed by atoms with Crippen LogP contribution in [0, 0.1) is 0 Å². The largest absolute Gasteiger partial charge is 0.494 e. The summed E-state index contributed by atoms with van der Waals surface area (Å²) in [7, 11) is 0. The summed E-state index contributed by atoms with van der Waals surface area (Å²) in [6.07, 6.45) is 10.4. The highest BCUT2D eigenvalue weighted by molar-refractivity contribution is 5.75. The van der Waals surface area contributed by atoms with Gasteiger partial charge in [0.2, 0.25) is 5.89 Å². The van der Waals surface area contributed by atoms with E-state index in [9.17, 15) is 0 Å². The van der Waals surface area contributed by atoms with E-state index in [0.29, 0.717) is 12.5 Å². The molecule has 2 heterocycles.